The third kappa shape index (κ3) is 4.72. The minimum absolute atomic E-state index is 0.386. The van der Waals surface area contributed by atoms with Gasteiger partial charge in [-0.15, -0.1) is 0 Å². The predicted molar refractivity (Wildman–Crippen MR) is 84.8 cm³/mol. The maximum Gasteiger partial charge on any atom is 0.323 e. The molecule has 1 aromatic rings. The molecule has 1 aliphatic rings. The average molecular weight is 293 g/mol. The van der Waals surface area contributed by atoms with Gasteiger partial charge in [-0.25, -0.2) is 0 Å². The summed E-state index contributed by atoms with van der Waals surface area (Å²) in [6.45, 7) is 7.73. The second-order valence-corrected chi connectivity index (χ2v) is 5.64. The number of rotatable bonds is 7. The number of anilines is 2. The number of nitrogens with one attached hydrogen (secondary N) is 2. The van der Waals surface area contributed by atoms with E-state index in [0.29, 0.717) is 36.5 Å². The quantitative estimate of drug-likeness (QED) is 0.805. The van der Waals surface area contributed by atoms with E-state index in [0.717, 1.165) is 13.0 Å². The second-order valence-electron chi connectivity index (χ2n) is 5.64. The molecule has 0 amide bonds. The lowest BCUT2D eigenvalue weighted by Gasteiger charge is -2.29. The molecule has 0 aromatic carbocycles. The first-order valence-electron chi connectivity index (χ1n) is 8.12. The van der Waals surface area contributed by atoms with Crippen LogP contribution in [0.5, 0.6) is 6.01 Å². The molecule has 2 N–H and O–H groups in total. The molecule has 1 saturated carbocycles. The number of hydrogen-bond acceptors (Lipinski definition) is 6. The summed E-state index contributed by atoms with van der Waals surface area (Å²) in [5, 5.41) is 6.66. The van der Waals surface area contributed by atoms with Gasteiger partial charge in [0, 0.05) is 12.6 Å². The van der Waals surface area contributed by atoms with E-state index in [1.807, 2.05) is 6.92 Å². The zero-order chi connectivity index (χ0) is 15.1. The Bertz CT molecular complexity index is 440. The molecule has 6 heteroatoms. The summed E-state index contributed by atoms with van der Waals surface area (Å²) < 4.78 is 5.44. The molecular weight excluding hydrogens is 266 g/mol. The SMILES string of the molecule is CCCNc1nc(NC2CCCCC2C)nc(OCC)n1. The Morgan fingerprint density at radius 3 is 2.57 bits per heavy atom. The van der Waals surface area contributed by atoms with Crippen LogP contribution in [0.3, 0.4) is 0 Å². The highest BCUT2D eigenvalue weighted by molar-refractivity contribution is 5.36. The van der Waals surface area contributed by atoms with E-state index in [9.17, 15) is 0 Å². The van der Waals surface area contributed by atoms with Gasteiger partial charge in [0.05, 0.1) is 6.61 Å². The summed E-state index contributed by atoms with van der Waals surface area (Å²) in [5.41, 5.74) is 0. The zero-order valence-corrected chi connectivity index (χ0v) is 13.4. The standard InChI is InChI=1S/C15H27N5O/c1-4-10-16-13-18-14(20-15(19-13)21-5-2)17-12-9-7-6-8-11(12)3/h11-12H,4-10H2,1-3H3,(H2,16,17,18,19,20). The van der Waals surface area contributed by atoms with Crippen LogP contribution >= 0.6 is 0 Å². The molecule has 1 aliphatic carbocycles. The van der Waals surface area contributed by atoms with Crippen molar-refractivity contribution in [3.05, 3.63) is 0 Å². The van der Waals surface area contributed by atoms with Crippen LogP contribution in [0.1, 0.15) is 52.9 Å². The van der Waals surface area contributed by atoms with Crippen molar-refractivity contribution in [3.8, 4) is 6.01 Å². The van der Waals surface area contributed by atoms with E-state index < -0.39 is 0 Å². The molecular formula is C15H27N5O. The summed E-state index contributed by atoms with van der Waals surface area (Å²) in [4.78, 5) is 13.1. The molecule has 118 valence electrons. The van der Waals surface area contributed by atoms with Gasteiger partial charge < -0.3 is 15.4 Å². The van der Waals surface area contributed by atoms with Crippen molar-refractivity contribution >= 4 is 11.9 Å². The lowest BCUT2D eigenvalue weighted by Crippen LogP contribution is -2.31. The molecule has 1 fully saturated rings. The van der Waals surface area contributed by atoms with E-state index in [4.69, 9.17) is 4.74 Å². The van der Waals surface area contributed by atoms with Gasteiger partial charge in [0.15, 0.2) is 0 Å². The first kappa shape index (κ1) is 15.8. The van der Waals surface area contributed by atoms with Crippen LogP contribution in [0, 0.1) is 5.92 Å². The Labute approximate surface area is 127 Å². The van der Waals surface area contributed by atoms with Crippen molar-refractivity contribution in [2.45, 2.75) is 58.9 Å². The highest BCUT2D eigenvalue weighted by Crippen LogP contribution is 2.26. The minimum Gasteiger partial charge on any atom is -0.464 e. The molecule has 0 aliphatic heterocycles. The number of nitrogens with zero attached hydrogens (tertiary/aromatic N) is 3. The van der Waals surface area contributed by atoms with Crippen LogP contribution in [0.2, 0.25) is 0 Å². The van der Waals surface area contributed by atoms with Crippen LogP contribution in [-0.2, 0) is 0 Å². The molecule has 0 radical (unpaired) electrons. The topological polar surface area (TPSA) is 72.0 Å². The first-order chi connectivity index (χ1) is 10.2. The smallest absolute Gasteiger partial charge is 0.323 e. The zero-order valence-electron chi connectivity index (χ0n) is 13.4. The maximum atomic E-state index is 5.44. The highest BCUT2D eigenvalue weighted by atomic mass is 16.5. The van der Waals surface area contributed by atoms with Crippen LogP contribution in [0.4, 0.5) is 11.9 Å². The third-order valence-electron chi connectivity index (χ3n) is 3.85. The van der Waals surface area contributed by atoms with Gasteiger partial charge >= 0.3 is 6.01 Å². The van der Waals surface area contributed by atoms with Crippen molar-refractivity contribution in [1.29, 1.82) is 0 Å². The Balaban J connectivity index is 2.10. The van der Waals surface area contributed by atoms with Gasteiger partial charge in [-0.05, 0) is 32.1 Å². The van der Waals surface area contributed by atoms with E-state index in [1.165, 1.54) is 25.7 Å². The van der Waals surface area contributed by atoms with Crippen molar-refractivity contribution in [2.24, 2.45) is 5.92 Å². The van der Waals surface area contributed by atoms with Gasteiger partial charge in [-0.2, -0.15) is 15.0 Å². The first-order valence-corrected chi connectivity index (χ1v) is 8.12. The summed E-state index contributed by atoms with van der Waals surface area (Å²) in [6.07, 6.45) is 6.06. The van der Waals surface area contributed by atoms with E-state index in [-0.39, 0.29) is 0 Å². The molecule has 21 heavy (non-hydrogen) atoms. The van der Waals surface area contributed by atoms with Crippen LogP contribution in [0.25, 0.3) is 0 Å². The van der Waals surface area contributed by atoms with E-state index in [2.05, 4.69) is 39.4 Å². The average Bonchev–Trinajstić information content (AvgIpc) is 2.48. The molecule has 1 aromatic heterocycles. The summed E-state index contributed by atoms with van der Waals surface area (Å²) in [5.74, 6) is 1.85. The normalized spacial score (nSPS) is 21.9. The molecule has 0 spiro atoms. The predicted octanol–water partition coefficient (Wildman–Crippen LogP) is 3.08. The lowest BCUT2D eigenvalue weighted by atomic mass is 9.86. The molecule has 6 nitrogen and oxygen atoms in total. The Morgan fingerprint density at radius 1 is 1.10 bits per heavy atom. The highest BCUT2D eigenvalue weighted by Gasteiger charge is 2.22. The van der Waals surface area contributed by atoms with Crippen molar-refractivity contribution in [3.63, 3.8) is 0 Å². The van der Waals surface area contributed by atoms with Crippen molar-refractivity contribution in [1.82, 2.24) is 15.0 Å². The Hall–Kier alpha value is -1.59. The van der Waals surface area contributed by atoms with Crippen LogP contribution in [0.15, 0.2) is 0 Å². The van der Waals surface area contributed by atoms with Crippen LogP contribution < -0.4 is 15.4 Å². The molecule has 0 saturated heterocycles. The number of ether oxygens (including phenoxy) is 1. The van der Waals surface area contributed by atoms with E-state index >= 15 is 0 Å². The number of aromatic nitrogens is 3. The third-order valence-corrected chi connectivity index (χ3v) is 3.85. The monoisotopic (exact) mass is 293 g/mol. The summed E-state index contributed by atoms with van der Waals surface area (Å²) in [7, 11) is 0. The lowest BCUT2D eigenvalue weighted by molar-refractivity contribution is 0.311. The van der Waals surface area contributed by atoms with E-state index in [1.54, 1.807) is 0 Å². The van der Waals surface area contributed by atoms with Gasteiger partial charge in [-0.3, -0.25) is 0 Å². The minimum atomic E-state index is 0.386. The summed E-state index contributed by atoms with van der Waals surface area (Å²) >= 11 is 0. The molecule has 2 unspecified atom stereocenters. The largest absolute Gasteiger partial charge is 0.464 e. The number of hydrogen-bond donors (Lipinski definition) is 2. The van der Waals surface area contributed by atoms with Gasteiger partial charge in [-0.1, -0.05) is 26.7 Å². The van der Waals surface area contributed by atoms with Crippen molar-refractivity contribution in [2.75, 3.05) is 23.8 Å². The maximum absolute atomic E-state index is 5.44. The fourth-order valence-electron chi connectivity index (χ4n) is 2.63. The molecule has 0 bridgehead atoms. The molecule has 2 rings (SSSR count). The Kier molecular flexibility index (Phi) is 6.02. The van der Waals surface area contributed by atoms with Crippen molar-refractivity contribution < 1.29 is 4.74 Å². The molecule has 1 heterocycles. The summed E-state index contributed by atoms with van der Waals surface area (Å²) in [6, 6.07) is 0.826. The van der Waals surface area contributed by atoms with Gasteiger partial charge in [0.2, 0.25) is 11.9 Å². The van der Waals surface area contributed by atoms with Gasteiger partial charge in [0.25, 0.3) is 0 Å². The van der Waals surface area contributed by atoms with Crippen LogP contribution in [-0.4, -0.2) is 34.1 Å². The Morgan fingerprint density at radius 2 is 1.86 bits per heavy atom. The fraction of sp³-hybridized carbons (Fsp3) is 0.800. The second kappa shape index (κ2) is 8.00. The fourth-order valence-corrected chi connectivity index (χ4v) is 2.63. The molecule has 2 atom stereocenters. The van der Waals surface area contributed by atoms with Gasteiger partial charge in [0.1, 0.15) is 0 Å².